The topological polar surface area (TPSA) is 72.2 Å². The van der Waals surface area contributed by atoms with Crippen molar-refractivity contribution in [1.82, 2.24) is 9.78 Å². The van der Waals surface area contributed by atoms with Crippen molar-refractivity contribution in [1.29, 1.82) is 0 Å². The molecule has 5 nitrogen and oxygen atoms in total. The van der Waals surface area contributed by atoms with E-state index in [0.29, 0.717) is 5.56 Å². The van der Waals surface area contributed by atoms with Gasteiger partial charge in [0.05, 0.1) is 6.20 Å². The van der Waals surface area contributed by atoms with Gasteiger partial charge in [-0.25, -0.2) is 0 Å². The Bertz CT molecular complexity index is 880. The third-order valence-electron chi connectivity index (χ3n) is 3.51. The molecule has 0 saturated heterocycles. The molecular formula is C17H14N2O3. The molecule has 0 bridgehead atoms. The summed E-state index contributed by atoms with van der Waals surface area (Å²) >= 11 is 0. The number of aryl methyl sites for hydroxylation is 1. The molecule has 0 radical (unpaired) electrons. The monoisotopic (exact) mass is 294 g/mol. The highest BCUT2D eigenvalue weighted by molar-refractivity contribution is 6.07. The van der Waals surface area contributed by atoms with E-state index in [4.69, 9.17) is 5.11 Å². The van der Waals surface area contributed by atoms with Crippen LogP contribution in [0.15, 0.2) is 48.8 Å². The number of hydrogen-bond acceptors (Lipinski definition) is 3. The van der Waals surface area contributed by atoms with Crippen molar-refractivity contribution in [3.05, 3.63) is 54.4 Å². The van der Waals surface area contributed by atoms with Crippen LogP contribution in [0.5, 0.6) is 0 Å². The fraction of sp³-hybridized carbons (Fsp3) is 0.118. The summed E-state index contributed by atoms with van der Waals surface area (Å²) in [4.78, 5) is 22.4. The molecule has 0 spiro atoms. The molecule has 0 saturated carbocycles. The maximum atomic E-state index is 11.8. The van der Waals surface area contributed by atoms with Crippen LogP contribution in [0.4, 0.5) is 0 Å². The van der Waals surface area contributed by atoms with Gasteiger partial charge in [0.2, 0.25) is 0 Å². The third-order valence-corrected chi connectivity index (χ3v) is 3.51. The molecule has 0 aliphatic rings. The first-order chi connectivity index (χ1) is 10.5. The van der Waals surface area contributed by atoms with Crippen LogP contribution < -0.4 is 0 Å². The first-order valence-corrected chi connectivity index (χ1v) is 6.81. The maximum Gasteiger partial charge on any atom is 0.311 e. The average Bonchev–Trinajstić information content (AvgIpc) is 2.92. The largest absolute Gasteiger partial charge is 0.481 e. The molecule has 1 aromatic heterocycles. The van der Waals surface area contributed by atoms with Gasteiger partial charge in [-0.15, -0.1) is 0 Å². The molecule has 110 valence electrons. The van der Waals surface area contributed by atoms with Crippen LogP contribution in [0.1, 0.15) is 16.8 Å². The van der Waals surface area contributed by atoms with Gasteiger partial charge in [0.25, 0.3) is 0 Å². The molecule has 0 amide bonds. The minimum absolute atomic E-state index is 0.384. The van der Waals surface area contributed by atoms with E-state index >= 15 is 0 Å². The number of ketones is 1. The molecule has 2 aromatic carbocycles. The van der Waals surface area contributed by atoms with Gasteiger partial charge < -0.3 is 5.11 Å². The first-order valence-electron chi connectivity index (χ1n) is 6.81. The highest BCUT2D eigenvalue weighted by Gasteiger charge is 2.11. The summed E-state index contributed by atoms with van der Waals surface area (Å²) in [5.41, 5.74) is 2.49. The Morgan fingerprint density at radius 3 is 2.50 bits per heavy atom. The lowest BCUT2D eigenvalue weighted by atomic mass is 10.00. The SMILES string of the molecule is Cn1cc(-c2ccc3cc(C(=O)CC(=O)O)ccc3c2)cn1. The van der Waals surface area contributed by atoms with Crippen LogP contribution in [0.2, 0.25) is 0 Å². The summed E-state index contributed by atoms with van der Waals surface area (Å²) < 4.78 is 1.74. The number of carbonyl (C=O) groups excluding carboxylic acids is 1. The number of rotatable bonds is 4. The molecule has 0 aliphatic heterocycles. The zero-order chi connectivity index (χ0) is 15.7. The highest BCUT2D eigenvalue weighted by Crippen LogP contribution is 2.25. The van der Waals surface area contributed by atoms with Crippen molar-refractivity contribution >= 4 is 22.5 Å². The van der Waals surface area contributed by atoms with Crippen LogP contribution >= 0.6 is 0 Å². The number of nitrogens with zero attached hydrogens (tertiary/aromatic N) is 2. The van der Waals surface area contributed by atoms with E-state index in [2.05, 4.69) is 5.10 Å². The zero-order valence-electron chi connectivity index (χ0n) is 12.0. The number of hydrogen-bond donors (Lipinski definition) is 1. The number of Topliss-reactive ketones (excluding diaryl/α,β-unsaturated/α-hetero) is 1. The molecule has 0 aliphatic carbocycles. The summed E-state index contributed by atoms with van der Waals surface area (Å²) in [6.45, 7) is 0. The van der Waals surface area contributed by atoms with Crippen LogP contribution in [0, 0.1) is 0 Å². The van der Waals surface area contributed by atoms with E-state index in [1.807, 2.05) is 37.5 Å². The molecular weight excluding hydrogens is 280 g/mol. The van der Waals surface area contributed by atoms with Crippen molar-refractivity contribution in [2.24, 2.45) is 7.05 Å². The first kappa shape index (κ1) is 14.0. The van der Waals surface area contributed by atoms with Crippen LogP contribution in [-0.2, 0) is 11.8 Å². The van der Waals surface area contributed by atoms with Gasteiger partial charge in [-0.3, -0.25) is 14.3 Å². The van der Waals surface area contributed by atoms with E-state index in [1.54, 1.807) is 23.0 Å². The zero-order valence-corrected chi connectivity index (χ0v) is 12.0. The normalized spacial score (nSPS) is 10.8. The van der Waals surface area contributed by atoms with Gasteiger partial charge in [-0.1, -0.05) is 24.3 Å². The molecule has 5 heteroatoms. The molecule has 3 aromatic rings. The van der Waals surface area contributed by atoms with Crippen molar-refractivity contribution in [3.8, 4) is 11.1 Å². The third kappa shape index (κ3) is 2.74. The van der Waals surface area contributed by atoms with Crippen molar-refractivity contribution in [2.45, 2.75) is 6.42 Å². The van der Waals surface area contributed by atoms with Crippen LogP contribution in [0.3, 0.4) is 0 Å². The summed E-state index contributed by atoms with van der Waals surface area (Å²) in [7, 11) is 1.87. The minimum atomic E-state index is -1.11. The van der Waals surface area contributed by atoms with E-state index in [1.165, 1.54) is 0 Å². The lowest BCUT2D eigenvalue weighted by Crippen LogP contribution is -2.06. The predicted octanol–water partition coefficient (Wildman–Crippen LogP) is 2.90. The fourth-order valence-electron chi connectivity index (χ4n) is 2.41. The maximum absolute atomic E-state index is 11.8. The molecule has 0 fully saturated rings. The smallest absolute Gasteiger partial charge is 0.311 e. The Morgan fingerprint density at radius 1 is 1.09 bits per heavy atom. The van der Waals surface area contributed by atoms with E-state index in [9.17, 15) is 9.59 Å². The van der Waals surface area contributed by atoms with Crippen molar-refractivity contribution in [2.75, 3.05) is 0 Å². The Morgan fingerprint density at radius 2 is 1.82 bits per heavy atom. The van der Waals surface area contributed by atoms with Gasteiger partial charge in [0.15, 0.2) is 5.78 Å². The number of aromatic nitrogens is 2. The second-order valence-corrected chi connectivity index (χ2v) is 5.17. The number of fused-ring (bicyclic) bond motifs is 1. The summed E-state index contributed by atoms with van der Waals surface area (Å²) in [5.74, 6) is -1.50. The Balaban J connectivity index is 1.98. The van der Waals surface area contributed by atoms with Crippen LogP contribution in [0.25, 0.3) is 21.9 Å². The number of aliphatic carboxylic acids is 1. The van der Waals surface area contributed by atoms with Gasteiger partial charge in [0.1, 0.15) is 6.42 Å². The van der Waals surface area contributed by atoms with Gasteiger partial charge in [0, 0.05) is 24.4 Å². The number of carboxylic acids is 1. The number of carboxylic acid groups (broad SMARTS) is 1. The lowest BCUT2D eigenvalue weighted by molar-refractivity contribution is -0.135. The summed E-state index contributed by atoms with van der Waals surface area (Å²) in [6, 6.07) is 11.1. The molecule has 3 rings (SSSR count). The lowest BCUT2D eigenvalue weighted by Gasteiger charge is -2.04. The quantitative estimate of drug-likeness (QED) is 0.593. The summed E-state index contributed by atoms with van der Waals surface area (Å²) in [5, 5.41) is 14.7. The molecule has 1 heterocycles. The number of carbonyl (C=O) groups is 2. The van der Waals surface area contributed by atoms with E-state index in [0.717, 1.165) is 21.9 Å². The average molecular weight is 294 g/mol. The Labute approximate surface area is 126 Å². The molecule has 0 unspecified atom stereocenters. The van der Waals surface area contributed by atoms with E-state index < -0.39 is 12.4 Å². The number of benzene rings is 2. The second kappa shape index (κ2) is 5.44. The standard InChI is InChI=1S/C17H14N2O3/c1-19-10-15(9-18-19)13-3-2-12-7-14(5-4-11(12)6-13)16(20)8-17(21)22/h2-7,9-10H,8H2,1H3,(H,21,22). The van der Waals surface area contributed by atoms with Crippen molar-refractivity contribution in [3.63, 3.8) is 0 Å². The fourth-order valence-corrected chi connectivity index (χ4v) is 2.41. The summed E-state index contributed by atoms with van der Waals surface area (Å²) in [6.07, 6.45) is 3.25. The van der Waals surface area contributed by atoms with Gasteiger partial charge >= 0.3 is 5.97 Å². The second-order valence-electron chi connectivity index (χ2n) is 5.17. The molecule has 1 N–H and O–H groups in total. The molecule has 0 atom stereocenters. The van der Waals surface area contributed by atoms with E-state index in [-0.39, 0.29) is 5.78 Å². The molecule has 22 heavy (non-hydrogen) atoms. The van der Waals surface area contributed by atoms with Gasteiger partial charge in [-0.05, 0) is 28.5 Å². The van der Waals surface area contributed by atoms with Gasteiger partial charge in [-0.2, -0.15) is 5.10 Å². The highest BCUT2D eigenvalue weighted by atomic mass is 16.4. The Kier molecular flexibility index (Phi) is 3.47. The van der Waals surface area contributed by atoms with Crippen LogP contribution in [-0.4, -0.2) is 26.6 Å². The predicted molar refractivity (Wildman–Crippen MR) is 82.7 cm³/mol. The Hall–Kier alpha value is -2.95. The van der Waals surface area contributed by atoms with Crippen molar-refractivity contribution < 1.29 is 14.7 Å². The minimum Gasteiger partial charge on any atom is -0.481 e.